The van der Waals surface area contributed by atoms with Crippen LogP contribution in [0.1, 0.15) is 40.5 Å². The summed E-state index contributed by atoms with van der Waals surface area (Å²) in [5, 5.41) is 0. The Bertz CT molecular complexity index is 231. The summed E-state index contributed by atoms with van der Waals surface area (Å²) in [6, 6.07) is 0. The van der Waals surface area contributed by atoms with Crippen molar-refractivity contribution < 1.29 is 9.53 Å². The maximum atomic E-state index is 11.4. The number of carbonyl (C=O) groups excluding carboxylic acids is 1. The van der Waals surface area contributed by atoms with Crippen molar-refractivity contribution in [3.63, 3.8) is 0 Å². The smallest absolute Gasteiger partial charge is 0.338 e. The Labute approximate surface area is 86.6 Å². The Morgan fingerprint density at radius 1 is 1.43 bits per heavy atom. The number of allylic oxidation sites excluding steroid dienone is 1. The van der Waals surface area contributed by atoms with Gasteiger partial charge in [-0.15, -0.1) is 0 Å². The second kappa shape index (κ2) is 5.63. The van der Waals surface area contributed by atoms with E-state index in [1.807, 2.05) is 26.8 Å². The number of unbranched alkanes of at least 4 members (excludes halogenated alkanes) is 1. The first-order chi connectivity index (χ1) is 6.39. The molecule has 0 bridgehead atoms. The molecule has 0 atom stereocenters. The Morgan fingerprint density at radius 2 is 2.00 bits per heavy atom. The molecule has 0 aliphatic carbocycles. The number of ether oxygens (including phenoxy) is 1. The number of carbonyl (C=O) groups is 1. The van der Waals surface area contributed by atoms with E-state index in [0.717, 1.165) is 12.8 Å². The van der Waals surface area contributed by atoms with Crippen LogP contribution in [0.3, 0.4) is 0 Å². The molecule has 0 spiro atoms. The maximum Gasteiger partial charge on any atom is 0.338 e. The molecule has 0 fully saturated rings. The molecular formula is C12H20O2. The van der Waals surface area contributed by atoms with E-state index in [1.54, 1.807) is 0 Å². The lowest BCUT2D eigenvalue weighted by Gasteiger charge is -2.18. The third kappa shape index (κ3) is 4.85. The van der Waals surface area contributed by atoms with Gasteiger partial charge in [-0.1, -0.05) is 40.7 Å². The average molecular weight is 196 g/mol. The molecule has 0 aromatic heterocycles. The highest BCUT2D eigenvalue weighted by molar-refractivity contribution is 5.89. The summed E-state index contributed by atoms with van der Waals surface area (Å²) in [4.78, 5) is 11.4. The molecule has 0 aromatic carbocycles. The van der Waals surface area contributed by atoms with Crippen molar-refractivity contribution >= 4 is 5.97 Å². The van der Waals surface area contributed by atoms with Gasteiger partial charge >= 0.3 is 5.97 Å². The van der Waals surface area contributed by atoms with E-state index < -0.39 is 0 Å². The fraction of sp³-hybridized carbons (Fsp3) is 0.583. The monoisotopic (exact) mass is 196 g/mol. The SMILES string of the molecule is C=C(C(=O)OC=CCCC)C(C)(C)C. The van der Waals surface area contributed by atoms with Crippen molar-refractivity contribution in [2.45, 2.75) is 40.5 Å². The first-order valence-electron chi connectivity index (χ1n) is 4.95. The van der Waals surface area contributed by atoms with E-state index >= 15 is 0 Å². The summed E-state index contributed by atoms with van der Waals surface area (Å²) in [6.07, 6.45) is 5.26. The fourth-order valence-electron chi connectivity index (χ4n) is 0.722. The highest BCUT2D eigenvalue weighted by Gasteiger charge is 2.22. The summed E-state index contributed by atoms with van der Waals surface area (Å²) in [5.41, 5.74) is 0.272. The number of hydrogen-bond donors (Lipinski definition) is 0. The van der Waals surface area contributed by atoms with Gasteiger partial charge in [0.2, 0.25) is 0 Å². The molecule has 0 unspecified atom stereocenters. The van der Waals surface area contributed by atoms with E-state index in [2.05, 4.69) is 13.5 Å². The zero-order valence-electron chi connectivity index (χ0n) is 9.59. The normalized spacial score (nSPS) is 11.7. The van der Waals surface area contributed by atoms with Gasteiger partial charge in [-0.3, -0.25) is 0 Å². The van der Waals surface area contributed by atoms with Crippen LogP contribution in [-0.2, 0) is 9.53 Å². The quantitative estimate of drug-likeness (QED) is 0.391. The third-order valence-corrected chi connectivity index (χ3v) is 1.88. The van der Waals surface area contributed by atoms with Gasteiger partial charge in [0.15, 0.2) is 0 Å². The molecule has 80 valence electrons. The summed E-state index contributed by atoms with van der Waals surface area (Å²) in [7, 11) is 0. The molecule has 0 amide bonds. The van der Waals surface area contributed by atoms with Gasteiger partial charge in [0.25, 0.3) is 0 Å². The summed E-state index contributed by atoms with van der Waals surface area (Å²) < 4.78 is 4.91. The number of hydrogen-bond acceptors (Lipinski definition) is 2. The molecule has 0 heterocycles. The lowest BCUT2D eigenvalue weighted by molar-refractivity contribution is -0.134. The van der Waals surface area contributed by atoms with Crippen LogP contribution in [0.2, 0.25) is 0 Å². The Hall–Kier alpha value is -1.05. The van der Waals surface area contributed by atoms with Crippen molar-refractivity contribution in [1.82, 2.24) is 0 Å². The molecule has 0 N–H and O–H groups in total. The van der Waals surface area contributed by atoms with E-state index in [0.29, 0.717) is 5.57 Å². The van der Waals surface area contributed by atoms with Crippen molar-refractivity contribution in [3.8, 4) is 0 Å². The standard InChI is InChI=1S/C12H20O2/c1-6-7-8-9-14-11(13)10(2)12(3,4)5/h8-9H,2,6-7H2,1,3-5H3. The topological polar surface area (TPSA) is 26.3 Å². The summed E-state index contributed by atoms with van der Waals surface area (Å²) in [5.74, 6) is -0.343. The lowest BCUT2D eigenvalue weighted by atomic mass is 9.88. The van der Waals surface area contributed by atoms with Crippen molar-refractivity contribution in [2.75, 3.05) is 0 Å². The van der Waals surface area contributed by atoms with Gasteiger partial charge in [0.1, 0.15) is 0 Å². The van der Waals surface area contributed by atoms with Crippen LogP contribution < -0.4 is 0 Å². The molecule has 0 saturated heterocycles. The first kappa shape index (κ1) is 12.9. The molecular weight excluding hydrogens is 176 g/mol. The summed E-state index contributed by atoms with van der Waals surface area (Å²) >= 11 is 0. The fourth-order valence-corrected chi connectivity index (χ4v) is 0.722. The van der Waals surface area contributed by atoms with Crippen molar-refractivity contribution in [1.29, 1.82) is 0 Å². The van der Waals surface area contributed by atoms with Gasteiger partial charge in [0.05, 0.1) is 6.26 Å². The van der Waals surface area contributed by atoms with Crippen LogP contribution in [0.25, 0.3) is 0 Å². The van der Waals surface area contributed by atoms with E-state index in [4.69, 9.17) is 4.74 Å². The van der Waals surface area contributed by atoms with E-state index in [1.165, 1.54) is 6.26 Å². The zero-order chi connectivity index (χ0) is 11.2. The molecule has 0 radical (unpaired) electrons. The third-order valence-electron chi connectivity index (χ3n) is 1.88. The largest absolute Gasteiger partial charge is 0.431 e. The van der Waals surface area contributed by atoms with Crippen LogP contribution in [-0.4, -0.2) is 5.97 Å². The van der Waals surface area contributed by atoms with Gasteiger partial charge in [0, 0.05) is 5.57 Å². The Kier molecular flexibility index (Phi) is 5.21. The molecule has 0 rings (SSSR count). The average Bonchev–Trinajstić information content (AvgIpc) is 2.09. The van der Waals surface area contributed by atoms with Crippen LogP contribution in [0, 0.1) is 5.41 Å². The second-order valence-electron chi connectivity index (χ2n) is 4.29. The summed E-state index contributed by atoms with van der Waals surface area (Å²) in [6.45, 7) is 11.6. The van der Waals surface area contributed by atoms with Crippen LogP contribution in [0.4, 0.5) is 0 Å². The predicted molar refractivity (Wildman–Crippen MR) is 58.7 cm³/mol. The predicted octanol–water partition coefficient (Wildman–Crippen LogP) is 3.45. The molecule has 2 heteroatoms. The first-order valence-corrected chi connectivity index (χ1v) is 4.95. The number of rotatable bonds is 4. The molecule has 0 aromatic rings. The van der Waals surface area contributed by atoms with Crippen LogP contribution in [0.5, 0.6) is 0 Å². The Morgan fingerprint density at radius 3 is 2.43 bits per heavy atom. The zero-order valence-corrected chi connectivity index (χ0v) is 9.59. The number of esters is 1. The molecule has 2 nitrogen and oxygen atoms in total. The molecule has 0 aliphatic heterocycles. The van der Waals surface area contributed by atoms with Crippen molar-refractivity contribution in [3.05, 3.63) is 24.5 Å². The van der Waals surface area contributed by atoms with Gasteiger partial charge < -0.3 is 4.74 Å². The minimum absolute atomic E-state index is 0.227. The highest BCUT2D eigenvalue weighted by atomic mass is 16.5. The second-order valence-corrected chi connectivity index (χ2v) is 4.29. The minimum atomic E-state index is -0.343. The van der Waals surface area contributed by atoms with Crippen LogP contribution >= 0.6 is 0 Å². The Balaban J connectivity index is 4.04. The van der Waals surface area contributed by atoms with E-state index in [-0.39, 0.29) is 11.4 Å². The maximum absolute atomic E-state index is 11.4. The van der Waals surface area contributed by atoms with Gasteiger partial charge in [-0.05, 0) is 17.9 Å². The minimum Gasteiger partial charge on any atom is -0.431 e. The highest BCUT2D eigenvalue weighted by Crippen LogP contribution is 2.24. The van der Waals surface area contributed by atoms with Gasteiger partial charge in [-0.2, -0.15) is 0 Å². The van der Waals surface area contributed by atoms with Gasteiger partial charge in [-0.25, -0.2) is 4.79 Å². The molecule has 0 saturated carbocycles. The van der Waals surface area contributed by atoms with E-state index in [9.17, 15) is 4.79 Å². The molecule has 0 aliphatic rings. The molecule has 14 heavy (non-hydrogen) atoms. The lowest BCUT2D eigenvalue weighted by Crippen LogP contribution is -2.17. The van der Waals surface area contributed by atoms with Crippen molar-refractivity contribution in [2.24, 2.45) is 5.41 Å². The van der Waals surface area contributed by atoms with Crippen LogP contribution in [0.15, 0.2) is 24.5 Å².